The molecule has 1 heterocycles. The molecule has 0 amide bonds. The summed E-state index contributed by atoms with van der Waals surface area (Å²) in [7, 11) is 0. The first kappa shape index (κ1) is 25.0. The van der Waals surface area contributed by atoms with E-state index in [2.05, 4.69) is 20.9 Å². The largest absolute Gasteiger partial charge is 0.490 e. The molecule has 0 aliphatic carbocycles. The number of benzene rings is 3. The molecule has 3 aromatic rings. The predicted octanol–water partition coefficient (Wildman–Crippen LogP) is 7.03. The first-order chi connectivity index (χ1) is 16.7. The van der Waals surface area contributed by atoms with Gasteiger partial charge in [-0.2, -0.15) is 0 Å². The number of rotatable bonds is 6. The van der Waals surface area contributed by atoms with Gasteiger partial charge in [-0.05, 0) is 83.9 Å². The highest BCUT2D eigenvalue weighted by Gasteiger charge is 2.25. The van der Waals surface area contributed by atoms with Crippen LogP contribution in [-0.2, 0) is 9.53 Å². The molecule has 178 valence electrons. The number of esters is 2. The molecule has 0 radical (unpaired) electrons. The van der Waals surface area contributed by atoms with Crippen molar-refractivity contribution in [1.82, 2.24) is 0 Å². The number of carbonyl (C=O) groups is 2. The second-order valence-corrected chi connectivity index (χ2v) is 9.15. The number of cyclic esters (lactones) is 1. The van der Waals surface area contributed by atoms with Gasteiger partial charge in [0.15, 0.2) is 17.2 Å². The topological polar surface area (TPSA) is 74.2 Å². The SMILES string of the molecule is CCOc1cc(/C=C2\N=C(c3ccc(Cl)c(Cl)c3)OC2=O)cc(Br)c1OC(=O)c1ccc(C)cc1. The Labute approximate surface area is 220 Å². The van der Waals surface area contributed by atoms with Crippen molar-refractivity contribution in [2.75, 3.05) is 6.61 Å². The molecule has 0 saturated carbocycles. The molecule has 0 unspecified atom stereocenters. The Morgan fingerprint density at radius 1 is 1.09 bits per heavy atom. The lowest BCUT2D eigenvalue weighted by molar-refractivity contribution is -0.129. The molecule has 0 bridgehead atoms. The molecule has 9 heteroatoms. The van der Waals surface area contributed by atoms with Gasteiger partial charge in [0.2, 0.25) is 5.90 Å². The minimum atomic E-state index is -0.616. The van der Waals surface area contributed by atoms with E-state index in [0.29, 0.717) is 43.6 Å². The number of carbonyl (C=O) groups excluding carboxylic acids is 2. The summed E-state index contributed by atoms with van der Waals surface area (Å²) in [4.78, 5) is 29.4. The van der Waals surface area contributed by atoms with E-state index in [1.54, 1.807) is 48.5 Å². The van der Waals surface area contributed by atoms with Gasteiger partial charge in [0.25, 0.3) is 0 Å². The van der Waals surface area contributed by atoms with Crippen molar-refractivity contribution in [3.63, 3.8) is 0 Å². The van der Waals surface area contributed by atoms with Crippen LogP contribution in [0.2, 0.25) is 10.0 Å². The zero-order valence-corrected chi connectivity index (χ0v) is 21.7. The van der Waals surface area contributed by atoms with Gasteiger partial charge in [-0.25, -0.2) is 14.6 Å². The van der Waals surface area contributed by atoms with Crippen LogP contribution in [0.1, 0.15) is 34.0 Å². The summed E-state index contributed by atoms with van der Waals surface area (Å²) in [6.07, 6.45) is 1.55. The molecule has 0 aromatic heterocycles. The normalized spacial score (nSPS) is 14.0. The van der Waals surface area contributed by atoms with Crippen molar-refractivity contribution in [1.29, 1.82) is 0 Å². The molecule has 0 fully saturated rings. The molecular weight excluding hydrogens is 557 g/mol. The molecule has 0 N–H and O–H groups in total. The summed E-state index contributed by atoms with van der Waals surface area (Å²) in [5.74, 6) is -0.460. The Kier molecular flexibility index (Phi) is 7.60. The average Bonchev–Trinajstić information content (AvgIpc) is 3.18. The summed E-state index contributed by atoms with van der Waals surface area (Å²) in [6.45, 7) is 4.08. The summed E-state index contributed by atoms with van der Waals surface area (Å²) in [5.41, 5.74) is 2.64. The molecule has 3 aromatic carbocycles. The molecule has 0 atom stereocenters. The van der Waals surface area contributed by atoms with Crippen LogP contribution < -0.4 is 9.47 Å². The minimum absolute atomic E-state index is 0.0878. The van der Waals surface area contributed by atoms with E-state index in [4.69, 9.17) is 37.4 Å². The highest BCUT2D eigenvalue weighted by atomic mass is 79.9. The molecule has 1 aliphatic heterocycles. The maximum Gasteiger partial charge on any atom is 0.363 e. The first-order valence-corrected chi connectivity index (χ1v) is 12.0. The quantitative estimate of drug-likeness (QED) is 0.179. The fourth-order valence-corrected chi connectivity index (χ4v) is 4.03. The Balaban J connectivity index is 1.64. The lowest BCUT2D eigenvalue weighted by Crippen LogP contribution is -2.10. The van der Waals surface area contributed by atoms with Crippen molar-refractivity contribution in [3.05, 3.63) is 97.1 Å². The lowest BCUT2D eigenvalue weighted by atomic mass is 10.1. The van der Waals surface area contributed by atoms with Gasteiger partial charge in [0.05, 0.1) is 26.7 Å². The van der Waals surface area contributed by atoms with E-state index in [0.717, 1.165) is 5.56 Å². The van der Waals surface area contributed by atoms with E-state index in [9.17, 15) is 9.59 Å². The fraction of sp³-hybridized carbons (Fsp3) is 0.115. The van der Waals surface area contributed by atoms with Crippen molar-refractivity contribution in [2.45, 2.75) is 13.8 Å². The van der Waals surface area contributed by atoms with Crippen LogP contribution in [0, 0.1) is 6.92 Å². The molecule has 6 nitrogen and oxygen atoms in total. The Bertz CT molecular complexity index is 1380. The molecular formula is C26H18BrCl2NO5. The van der Waals surface area contributed by atoms with Crippen LogP contribution in [0.25, 0.3) is 6.08 Å². The van der Waals surface area contributed by atoms with Crippen LogP contribution in [0.5, 0.6) is 11.5 Å². The maximum atomic E-state index is 12.6. The van der Waals surface area contributed by atoms with Crippen LogP contribution in [-0.4, -0.2) is 24.4 Å². The van der Waals surface area contributed by atoms with Gasteiger partial charge in [-0.3, -0.25) is 0 Å². The van der Waals surface area contributed by atoms with Gasteiger partial charge < -0.3 is 14.2 Å². The van der Waals surface area contributed by atoms with E-state index < -0.39 is 11.9 Å². The van der Waals surface area contributed by atoms with Crippen LogP contribution in [0.4, 0.5) is 0 Å². The minimum Gasteiger partial charge on any atom is -0.490 e. The summed E-state index contributed by atoms with van der Waals surface area (Å²) in [6, 6.07) is 15.2. The van der Waals surface area contributed by atoms with Crippen LogP contribution in [0.3, 0.4) is 0 Å². The van der Waals surface area contributed by atoms with Crippen molar-refractivity contribution < 1.29 is 23.8 Å². The third-order valence-corrected chi connectivity index (χ3v) is 6.23. The molecule has 35 heavy (non-hydrogen) atoms. The van der Waals surface area contributed by atoms with Gasteiger partial charge in [-0.15, -0.1) is 0 Å². The zero-order chi connectivity index (χ0) is 25.1. The van der Waals surface area contributed by atoms with E-state index in [1.165, 1.54) is 0 Å². The summed E-state index contributed by atoms with van der Waals surface area (Å²) in [5, 5.41) is 0.703. The van der Waals surface area contributed by atoms with Gasteiger partial charge in [0, 0.05) is 5.56 Å². The van der Waals surface area contributed by atoms with E-state index in [-0.39, 0.29) is 17.3 Å². The van der Waals surface area contributed by atoms with Gasteiger partial charge >= 0.3 is 11.9 Å². The summed E-state index contributed by atoms with van der Waals surface area (Å²) < 4.78 is 17.1. The van der Waals surface area contributed by atoms with E-state index in [1.807, 2.05) is 26.0 Å². The zero-order valence-electron chi connectivity index (χ0n) is 18.6. The molecule has 0 spiro atoms. The van der Waals surface area contributed by atoms with Crippen LogP contribution >= 0.6 is 39.1 Å². The standard InChI is InChI=1S/C26H18BrCl2NO5/c1-3-33-22-12-15(10-18(27)23(22)34-25(31)16-6-4-14(2)5-7-16)11-21-26(32)35-24(30-21)17-8-9-19(28)20(29)13-17/h4-13H,3H2,1-2H3/b21-11-. The second-order valence-electron chi connectivity index (χ2n) is 7.48. The molecule has 1 aliphatic rings. The number of aryl methyl sites for hydroxylation is 1. The number of ether oxygens (including phenoxy) is 3. The maximum absolute atomic E-state index is 12.6. The molecule has 0 saturated heterocycles. The van der Waals surface area contributed by atoms with Crippen molar-refractivity contribution >= 4 is 63.0 Å². The average molecular weight is 575 g/mol. The third-order valence-electron chi connectivity index (χ3n) is 4.90. The second kappa shape index (κ2) is 10.6. The Morgan fingerprint density at radius 3 is 2.51 bits per heavy atom. The lowest BCUT2D eigenvalue weighted by Gasteiger charge is -2.13. The summed E-state index contributed by atoms with van der Waals surface area (Å²) >= 11 is 15.5. The smallest absolute Gasteiger partial charge is 0.363 e. The predicted molar refractivity (Wildman–Crippen MR) is 139 cm³/mol. The third kappa shape index (κ3) is 5.75. The van der Waals surface area contributed by atoms with E-state index >= 15 is 0 Å². The highest BCUT2D eigenvalue weighted by molar-refractivity contribution is 9.10. The monoisotopic (exact) mass is 573 g/mol. The number of aliphatic imine (C=N–C) groups is 1. The fourth-order valence-electron chi connectivity index (χ4n) is 3.19. The number of hydrogen-bond donors (Lipinski definition) is 0. The van der Waals surface area contributed by atoms with Crippen molar-refractivity contribution in [2.24, 2.45) is 4.99 Å². The number of halogens is 3. The van der Waals surface area contributed by atoms with Gasteiger partial charge in [-0.1, -0.05) is 40.9 Å². The Morgan fingerprint density at radius 2 is 1.83 bits per heavy atom. The van der Waals surface area contributed by atoms with Crippen LogP contribution in [0.15, 0.2) is 69.8 Å². The number of nitrogens with zero attached hydrogens (tertiary/aromatic N) is 1. The number of hydrogen-bond acceptors (Lipinski definition) is 6. The first-order valence-electron chi connectivity index (χ1n) is 10.5. The van der Waals surface area contributed by atoms with Crippen molar-refractivity contribution in [3.8, 4) is 11.5 Å². The highest BCUT2D eigenvalue weighted by Crippen LogP contribution is 2.38. The Hall–Kier alpha value is -3.13. The van der Waals surface area contributed by atoms with Gasteiger partial charge in [0.1, 0.15) is 0 Å². The molecule has 4 rings (SSSR count).